The lowest BCUT2D eigenvalue weighted by molar-refractivity contribution is -0.137. The average Bonchev–Trinajstić information content (AvgIpc) is 2.93. The number of halogens is 3. The second-order valence-electron chi connectivity index (χ2n) is 6.45. The molecule has 0 unspecified atom stereocenters. The van der Waals surface area contributed by atoms with Crippen LogP contribution in [0.3, 0.4) is 0 Å². The van der Waals surface area contributed by atoms with E-state index in [0.29, 0.717) is 24.1 Å². The number of alkyl halides is 3. The van der Waals surface area contributed by atoms with E-state index in [9.17, 15) is 18.0 Å². The maximum atomic E-state index is 13.0. The van der Waals surface area contributed by atoms with Crippen molar-refractivity contribution in [3.8, 4) is 6.07 Å². The van der Waals surface area contributed by atoms with E-state index >= 15 is 0 Å². The molecule has 0 aromatic heterocycles. The fourth-order valence-electron chi connectivity index (χ4n) is 2.32. The Kier molecular flexibility index (Phi) is 4.61. The molecule has 1 aromatic carbocycles. The van der Waals surface area contributed by atoms with Crippen molar-refractivity contribution in [2.75, 3.05) is 6.54 Å². The van der Waals surface area contributed by atoms with Gasteiger partial charge in [-0.05, 0) is 50.5 Å². The molecule has 0 fully saturated rings. The number of ether oxygens (including phenoxy) is 1. The van der Waals surface area contributed by atoms with Gasteiger partial charge in [0.2, 0.25) is 0 Å². The molecular formula is C17H17F3N2O2. The number of carbonyl (C=O) groups excluding carboxylic acids is 1. The van der Waals surface area contributed by atoms with Crippen LogP contribution in [0.15, 0.2) is 24.4 Å². The van der Waals surface area contributed by atoms with Crippen molar-refractivity contribution in [1.82, 2.24) is 4.90 Å². The Balaban J connectivity index is 2.29. The highest BCUT2D eigenvalue weighted by atomic mass is 19.4. The van der Waals surface area contributed by atoms with Gasteiger partial charge in [0.15, 0.2) is 0 Å². The first kappa shape index (κ1) is 17.9. The van der Waals surface area contributed by atoms with E-state index in [0.717, 1.165) is 12.1 Å². The molecule has 0 spiro atoms. The Morgan fingerprint density at radius 3 is 2.50 bits per heavy atom. The van der Waals surface area contributed by atoms with Crippen molar-refractivity contribution in [3.63, 3.8) is 0 Å². The Morgan fingerprint density at radius 2 is 1.96 bits per heavy atom. The molecular weight excluding hydrogens is 321 g/mol. The molecule has 0 aliphatic carbocycles. The highest BCUT2D eigenvalue weighted by molar-refractivity contribution is 5.77. The van der Waals surface area contributed by atoms with Crippen LogP contribution in [0.1, 0.15) is 43.9 Å². The molecule has 0 atom stereocenters. The van der Waals surface area contributed by atoms with E-state index in [2.05, 4.69) is 0 Å². The lowest BCUT2D eigenvalue weighted by Crippen LogP contribution is -2.32. The molecule has 0 saturated heterocycles. The summed E-state index contributed by atoms with van der Waals surface area (Å²) < 4.78 is 44.4. The van der Waals surface area contributed by atoms with Gasteiger partial charge >= 0.3 is 12.3 Å². The number of rotatable bonds is 1. The zero-order valence-corrected chi connectivity index (χ0v) is 13.6. The van der Waals surface area contributed by atoms with E-state index in [1.165, 1.54) is 17.2 Å². The first-order valence-electron chi connectivity index (χ1n) is 7.33. The third-order valence-electron chi connectivity index (χ3n) is 3.38. The van der Waals surface area contributed by atoms with Gasteiger partial charge in [0.25, 0.3) is 0 Å². The summed E-state index contributed by atoms with van der Waals surface area (Å²) in [5, 5.41) is 8.83. The minimum atomic E-state index is -4.61. The van der Waals surface area contributed by atoms with E-state index in [1.54, 1.807) is 26.8 Å². The van der Waals surface area contributed by atoms with Crippen molar-refractivity contribution in [2.45, 2.75) is 39.0 Å². The maximum absolute atomic E-state index is 13.0. The topological polar surface area (TPSA) is 53.3 Å². The van der Waals surface area contributed by atoms with Gasteiger partial charge in [-0.1, -0.05) is 6.07 Å². The number of hydrogen-bond acceptors (Lipinski definition) is 3. The van der Waals surface area contributed by atoms with Crippen LogP contribution in [0.25, 0.3) is 5.57 Å². The molecule has 4 nitrogen and oxygen atoms in total. The number of nitriles is 1. The SMILES string of the molecule is CC(C)(C)OC(=O)N1C=C(c2ccc(C#N)c(C(F)(F)F)c2)CC1. The van der Waals surface area contributed by atoms with E-state index < -0.39 is 29.0 Å². The fraction of sp³-hybridized carbons (Fsp3) is 0.412. The molecule has 1 amide bonds. The van der Waals surface area contributed by atoms with Crippen molar-refractivity contribution in [2.24, 2.45) is 0 Å². The summed E-state index contributed by atoms with van der Waals surface area (Å²) >= 11 is 0. The molecule has 1 aromatic rings. The smallest absolute Gasteiger partial charge is 0.417 e. The van der Waals surface area contributed by atoms with Gasteiger partial charge < -0.3 is 4.74 Å². The standard InChI is InChI=1S/C17H17F3N2O2/c1-16(2,3)24-15(23)22-7-6-13(10-22)11-4-5-12(9-21)14(8-11)17(18,19)20/h4-5,8,10H,6-7H2,1-3H3. The van der Waals surface area contributed by atoms with Crippen LogP contribution < -0.4 is 0 Å². The van der Waals surface area contributed by atoms with Crippen LogP contribution in [0, 0.1) is 11.3 Å². The number of benzene rings is 1. The predicted molar refractivity (Wildman–Crippen MR) is 81.7 cm³/mol. The van der Waals surface area contributed by atoms with Crippen molar-refractivity contribution < 1.29 is 22.7 Å². The largest absolute Gasteiger partial charge is 0.443 e. The molecule has 0 radical (unpaired) electrons. The van der Waals surface area contributed by atoms with E-state index in [1.807, 2.05) is 0 Å². The average molecular weight is 338 g/mol. The van der Waals surface area contributed by atoms with Crippen molar-refractivity contribution in [1.29, 1.82) is 5.26 Å². The first-order chi connectivity index (χ1) is 11.0. The summed E-state index contributed by atoms with van der Waals surface area (Å²) in [6, 6.07) is 5.10. The summed E-state index contributed by atoms with van der Waals surface area (Å²) in [7, 11) is 0. The molecule has 7 heteroatoms. The van der Waals surface area contributed by atoms with Crippen LogP contribution in [-0.2, 0) is 10.9 Å². The predicted octanol–water partition coefficient (Wildman–Crippen LogP) is 4.56. The molecule has 24 heavy (non-hydrogen) atoms. The lowest BCUT2D eigenvalue weighted by atomic mass is 9.99. The summed E-state index contributed by atoms with van der Waals surface area (Å²) in [5.41, 5.74) is -1.11. The van der Waals surface area contributed by atoms with Crippen LogP contribution in [0.5, 0.6) is 0 Å². The zero-order chi connectivity index (χ0) is 18.1. The maximum Gasteiger partial charge on any atom is 0.417 e. The number of amides is 1. The van der Waals surface area contributed by atoms with Gasteiger partial charge in [0.1, 0.15) is 5.60 Å². The second kappa shape index (κ2) is 6.19. The number of nitrogens with zero attached hydrogens (tertiary/aromatic N) is 2. The van der Waals surface area contributed by atoms with Crippen LogP contribution in [0.4, 0.5) is 18.0 Å². The zero-order valence-electron chi connectivity index (χ0n) is 13.6. The highest BCUT2D eigenvalue weighted by Crippen LogP contribution is 2.35. The van der Waals surface area contributed by atoms with Gasteiger partial charge in [0, 0.05) is 12.7 Å². The van der Waals surface area contributed by atoms with Crippen molar-refractivity contribution in [3.05, 3.63) is 41.1 Å². The first-order valence-corrected chi connectivity index (χ1v) is 7.33. The van der Waals surface area contributed by atoms with Gasteiger partial charge in [0.05, 0.1) is 17.2 Å². The summed E-state index contributed by atoms with van der Waals surface area (Å²) in [6.45, 7) is 5.55. The molecule has 0 bridgehead atoms. The summed E-state index contributed by atoms with van der Waals surface area (Å²) in [4.78, 5) is 13.3. The molecule has 1 aliphatic rings. The van der Waals surface area contributed by atoms with Gasteiger partial charge in [-0.25, -0.2) is 4.79 Å². The molecule has 2 rings (SSSR count). The van der Waals surface area contributed by atoms with Gasteiger partial charge in [-0.15, -0.1) is 0 Å². The monoisotopic (exact) mass is 338 g/mol. The third kappa shape index (κ3) is 4.07. The molecule has 1 aliphatic heterocycles. The minimum absolute atomic E-state index is 0.339. The van der Waals surface area contributed by atoms with Crippen molar-refractivity contribution >= 4 is 11.7 Å². The van der Waals surface area contributed by atoms with Gasteiger partial charge in [-0.3, -0.25) is 4.90 Å². The second-order valence-corrected chi connectivity index (χ2v) is 6.45. The minimum Gasteiger partial charge on any atom is -0.443 e. The Labute approximate surface area is 138 Å². The molecule has 128 valence electrons. The number of carbonyl (C=O) groups is 1. The molecule has 0 saturated carbocycles. The quantitative estimate of drug-likeness (QED) is 0.754. The highest BCUT2D eigenvalue weighted by Gasteiger charge is 2.34. The van der Waals surface area contributed by atoms with E-state index in [4.69, 9.17) is 10.00 Å². The number of hydrogen-bond donors (Lipinski definition) is 0. The van der Waals surface area contributed by atoms with Crippen LogP contribution in [0.2, 0.25) is 0 Å². The normalized spacial score (nSPS) is 15.0. The fourth-order valence-corrected chi connectivity index (χ4v) is 2.32. The van der Waals surface area contributed by atoms with Crippen LogP contribution in [-0.4, -0.2) is 23.1 Å². The van der Waals surface area contributed by atoms with Gasteiger partial charge in [-0.2, -0.15) is 18.4 Å². The lowest BCUT2D eigenvalue weighted by Gasteiger charge is -2.23. The Bertz CT molecular complexity index is 725. The third-order valence-corrected chi connectivity index (χ3v) is 3.38. The molecule has 0 N–H and O–H groups in total. The Morgan fingerprint density at radius 1 is 1.29 bits per heavy atom. The summed E-state index contributed by atoms with van der Waals surface area (Å²) in [5.74, 6) is 0. The summed E-state index contributed by atoms with van der Waals surface area (Å²) in [6.07, 6.45) is -3.23. The van der Waals surface area contributed by atoms with Crippen LogP contribution >= 0.6 is 0 Å². The molecule has 1 heterocycles. The van der Waals surface area contributed by atoms with E-state index in [-0.39, 0.29) is 0 Å². The Hall–Kier alpha value is -2.49.